The Hall–Kier alpha value is -1.13. The molecule has 1 aromatic rings. The van der Waals surface area contributed by atoms with Crippen molar-refractivity contribution in [2.24, 2.45) is 0 Å². The van der Waals surface area contributed by atoms with Crippen LogP contribution in [0.2, 0.25) is 0 Å². The minimum Gasteiger partial charge on any atom is -0.394 e. The molecule has 0 bridgehead atoms. The number of pyridine rings is 1. The second-order valence-corrected chi connectivity index (χ2v) is 3.66. The molecule has 1 aliphatic heterocycles. The molecule has 2 heterocycles. The van der Waals surface area contributed by atoms with Crippen molar-refractivity contribution in [2.75, 3.05) is 31.2 Å². The summed E-state index contributed by atoms with van der Waals surface area (Å²) in [5.41, 5.74) is 1.17. The van der Waals surface area contributed by atoms with Crippen molar-refractivity contribution in [1.29, 1.82) is 0 Å². The predicted octanol–water partition coefficient (Wildman–Crippen LogP) is 0.669. The molecular weight excluding hydrogens is 192 g/mol. The van der Waals surface area contributed by atoms with Gasteiger partial charge >= 0.3 is 0 Å². The summed E-state index contributed by atoms with van der Waals surface area (Å²) in [6.07, 6.45) is 4.46. The summed E-state index contributed by atoms with van der Waals surface area (Å²) in [6, 6.07) is 4.00. The lowest BCUT2D eigenvalue weighted by molar-refractivity contribution is 0.0222. The maximum absolute atomic E-state index is 9.02. The van der Waals surface area contributed by atoms with Crippen LogP contribution in [0.25, 0.3) is 0 Å². The Bertz CT molecular complexity index is 292. The zero-order valence-electron chi connectivity index (χ0n) is 8.67. The third-order valence-corrected chi connectivity index (χ3v) is 2.67. The van der Waals surface area contributed by atoms with Gasteiger partial charge in [0.15, 0.2) is 0 Å². The number of aliphatic hydroxyl groups is 1. The Labute approximate surface area is 89.5 Å². The molecule has 1 aromatic heterocycles. The first-order chi connectivity index (χ1) is 7.40. The Kier molecular flexibility index (Phi) is 3.53. The van der Waals surface area contributed by atoms with Gasteiger partial charge in [-0.25, -0.2) is 0 Å². The summed E-state index contributed by atoms with van der Waals surface area (Å²) in [7, 11) is 0. The van der Waals surface area contributed by atoms with Gasteiger partial charge in [0.05, 0.1) is 19.3 Å². The fourth-order valence-electron chi connectivity index (χ4n) is 1.78. The minimum absolute atomic E-state index is 0.00293. The molecule has 15 heavy (non-hydrogen) atoms. The lowest BCUT2D eigenvalue weighted by Crippen LogP contribution is -2.25. The highest BCUT2D eigenvalue weighted by molar-refractivity contribution is 5.44. The van der Waals surface area contributed by atoms with E-state index >= 15 is 0 Å². The highest BCUT2D eigenvalue weighted by Gasteiger charge is 2.16. The highest BCUT2D eigenvalue weighted by Crippen LogP contribution is 2.15. The number of hydrogen-bond donors (Lipinski definition) is 1. The van der Waals surface area contributed by atoms with Crippen LogP contribution in [0.4, 0.5) is 5.69 Å². The van der Waals surface area contributed by atoms with Gasteiger partial charge in [-0.3, -0.25) is 4.98 Å². The average Bonchev–Trinajstić information content (AvgIpc) is 2.55. The molecule has 0 saturated carbocycles. The predicted molar refractivity (Wildman–Crippen MR) is 57.9 cm³/mol. The van der Waals surface area contributed by atoms with E-state index < -0.39 is 0 Å². The summed E-state index contributed by atoms with van der Waals surface area (Å²) < 4.78 is 5.50. The van der Waals surface area contributed by atoms with Gasteiger partial charge in [0, 0.05) is 31.2 Å². The summed E-state index contributed by atoms with van der Waals surface area (Å²) >= 11 is 0. The van der Waals surface area contributed by atoms with Crippen LogP contribution in [0.5, 0.6) is 0 Å². The molecule has 0 radical (unpaired) electrons. The maximum Gasteiger partial charge on any atom is 0.0823 e. The topological polar surface area (TPSA) is 45.6 Å². The Balaban J connectivity index is 2.00. The van der Waals surface area contributed by atoms with Gasteiger partial charge in [0.1, 0.15) is 0 Å². The molecule has 1 fully saturated rings. The van der Waals surface area contributed by atoms with E-state index in [1.54, 1.807) is 12.4 Å². The van der Waals surface area contributed by atoms with Crippen molar-refractivity contribution >= 4 is 5.69 Å². The minimum atomic E-state index is -0.00293. The van der Waals surface area contributed by atoms with Gasteiger partial charge in [0.25, 0.3) is 0 Å². The molecule has 0 spiro atoms. The molecule has 4 nitrogen and oxygen atoms in total. The van der Waals surface area contributed by atoms with Crippen LogP contribution in [-0.2, 0) is 4.74 Å². The van der Waals surface area contributed by atoms with E-state index in [1.165, 1.54) is 5.69 Å². The average molecular weight is 208 g/mol. The molecule has 0 amide bonds. The van der Waals surface area contributed by atoms with Gasteiger partial charge < -0.3 is 14.7 Å². The molecule has 1 unspecified atom stereocenters. The molecule has 1 aliphatic rings. The van der Waals surface area contributed by atoms with Gasteiger partial charge in [0.2, 0.25) is 0 Å². The van der Waals surface area contributed by atoms with Crippen LogP contribution in [0.1, 0.15) is 6.42 Å². The van der Waals surface area contributed by atoms with E-state index in [1.807, 2.05) is 12.1 Å². The van der Waals surface area contributed by atoms with Crippen LogP contribution in [-0.4, -0.2) is 42.5 Å². The Morgan fingerprint density at radius 2 is 2.20 bits per heavy atom. The lowest BCUT2D eigenvalue weighted by atomic mass is 10.2. The summed E-state index contributed by atoms with van der Waals surface area (Å²) in [4.78, 5) is 6.26. The van der Waals surface area contributed by atoms with Crippen molar-refractivity contribution in [3.63, 3.8) is 0 Å². The summed E-state index contributed by atoms with van der Waals surface area (Å²) in [5, 5.41) is 9.02. The van der Waals surface area contributed by atoms with E-state index in [0.29, 0.717) is 6.61 Å². The third-order valence-electron chi connectivity index (χ3n) is 2.67. The number of aromatic nitrogens is 1. The lowest BCUT2D eigenvalue weighted by Gasteiger charge is -2.21. The first kappa shape index (κ1) is 10.4. The molecule has 82 valence electrons. The first-order valence-electron chi connectivity index (χ1n) is 5.27. The van der Waals surface area contributed by atoms with Crippen molar-refractivity contribution in [3.05, 3.63) is 24.5 Å². The third kappa shape index (κ3) is 2.67. The zero-order valence-corrected chi connectivity index (χ0v) is 8.67. The highest BCUT2D eigenvalue weighted by atomic mass is 16.5. The molecule has 1 atom stereocenters. The van der Waals surface area contributed by atoms with Crippen LogP contribution in [0, 0.1) is 0 Å². The number of aliphatic hydroxyl groups excluding tert-OH is 1. The van der Waals surface area contributed by atoms with Gasteiger partial charge in [-0.05, 0) is 18.6 Å². The van der Waals surface area contributed by atoms with Crippen LogP contribution < -0.4 is 4.90 Å². The largest absolute Gasteiger partial charge is 0.394 e. The Morgan fingerprint density at radius 3 is 2.93 bits per heavy atom. The van der Waals surface area contributed by atoms with E-state index in [9.17, 15) is 0 Å². The van der Waals surface area contributed by atoms with Crippen LogP contribution in [0.3, 0.4) is 0 Å². The summed E-state index contributed by atoms with van der Waals surface area (Å²) in [6.45, 7) is 2.59. The SMILES string of the molecule is OCC1CCN(c2ccncc2)CCO1. The number of ether oxygens (including phenoxy) is 1. The van der Waals surface area contributed by atoms with Gasteiger partial charge in [-0.15, -0.1) is 0 Å². The summed E-state index contributed by atoms with van der Waals surface area (Å²) in [5.74, 6) is 0. The standard InChI is InChI=1S/C11H16N2O2/c14-9-11-3-6-13(7-8-15-11)10-1-4-12-5-2-10/h1-2,4-5,11,14H,3,6-9H2. The molecule has 0 aromatic carbocycles. The molecule has 1 N–H and O–H groups in total. The second-order valence-electron chi connectivity index (χ2n) is 3.66. The smallest absolute Gasteiger partial charge is 0.0823 e. The Morgan fingerprint density at radius 1 is 1.40 bits per heavy atom. The molecule has 4 heteroatoms. The van der Waals surface area contributed by atoms with Crippen molar-refractivity contribution in [3.8, 4) is 0 Å². The molecule has 0 aliphatic carbocycles. The first-order valence-corrected chi connectivity index (χ1v) is 5.27. The maximum atomic E-state index is 9.02. The number of hydrogen-bond acceptors (Lipinski definition) is 4. The van der Waals surface area contributed by atoms with Crippen molar-refractivity contribution < 1.29 is 9.84 Å². The van der Waals surface area contributed by atoms with Crippen LogP contribution >= 0.6 is 0 Å². The van der Waals surface area contributed by atoms with E-state index in [0.717, 1.165) is 19.5 Å². The van der Waals surface area contributed by atoms with E-state index in [-0.39, 0.29) is 12.7 Å². The number of anilines is 1. The fourth-order valence-corrected chi connectivity index (χ4v) is 1.78. The molecule has 2 rings (SSSR count). The van der Waals surface area contributed by atoms with E-state index in [2.05, 4.69) is 9.88 Å². The molecular formula is C11H16N2O2. The number of rotatable bonds is 2. The van der Waals surface area contributed by atoms with Crippen molar-refractivity contribution in [1.82, 2.24) is 4.98 Å². The second kappa shape index (κ2) is 5.09. The monoisotopic (exact) mass is 208 g/mol. The van der Waals surface area contributed by atoms with Gasteiger partial charge in [-0.2, -0.15) is 0 Å². The normalized spacial score (nSPS) is 22.5. The van der Waals surface area contributed by atoms with Gasteiger partial charge in [-0.1, -0.05) is 0 Å². The quantitative estimate of drug-likeness (QED) is 0.776. The number of nitrogens with zero attached hydrogens (tertiary/aromatic N) is 2. The van der Waals surface area contributed by atoms with Crippen LogP contribution in [0.15, 0.2) is 24.5 Å². The van der Waals surface area contributed by atoms with Crippen molar-refractivity contribution in [2.45, 2.75) is 12.5 Å². The zero-order chi connectivity index (χ0) is 10.5. The van der Waals surface area contributed by atoms with E-state index in [4.69, 9.17) is 9.84 Å². The molecule has 1 saturated heterocycles. The fraction of sp³-hybridized carbons (Fsp3) is 0.545.